The molecule has 0 aromatic heterocycles. The van der Waals surface area contributed by atoms with Gasteiger partial charge in [0.15, 0.2) is 0 Å². The van der Waals surface area contributed by atoms with E-state index in [9.17, 15) is 0 Å². The Kier molecular flexibility index (Phi) is 4.03. The molecular formula is C17H29N2+. The Morgan fingerprint density at radius 1 is 1.05 bits per heavy atom. The van der Waals surface area contributed by atoms with Crippen molar-refractivity contribution in [1.29, 1.82) is 0 Å². The Labute approximate surface area is 118 Å². The fourth-order valence-electron chi connectivity index (χ4n) is 3.59. The van der Waals surface area contributed by atoms with Crippen molar-refractivity contribution in [3.8, 4) is 0 Å². The molecule has 0 bridgehead atoms. The predicted molar refractivity (Wildman–Crippen MR) is 81.1 cm³/mol. The van der Waals surface area contributed by atoms with Crippen LogP contribution >= 0.6 is 0 Å². The van der Waals surface area contributed by atoms with Crippen LogP contribution in [0.15, 0.2) is 24.3 Å². The topological polar surface area (TPSA) is 28.6 Å². The van der Waals surface area contributed by atoms with Crippen LogP contribution in [0.3, 0.4) is 0 Å². The van der Waals surface area contributed by atoms with Gasteiger partial charge >= 0.3 is 0 Å². The maximum absolute atomic E-state index is 3.75. The molecule has 0 unspecified atom stereocenters. The number of piperidine rings is 1. The second-order valence-electron chi connectivity index (χ2n) is 7.49. The van der Waals surface area contributed by atoms with Gasteiger partial charge in [-0.2, -0.15) is 0 Å². The number of rotatable bonds is 3. The smallest absolute Gasteiger partial charge is 0.101 e. The van der Waals surface area contributed by atoms with E-state index in [1.54, 1.807) is 0 Å². The Morgan fingerprint density at radius 3 is 2.11 bits per heavy atom. The van der Waals surface area contributed by atoms with Crippen LogP contribution in [0, 0.1) is 6.92 Å². The zero-order valence-electron chi connectivity index (χ0n) is 13.1. The first kappa shape index (κ1) is 14.5. The zero-order chi connectivity index (χ0) is 14.1. The summed E-state index contributed by atoms with van der Waals surface area (Å²) in [5.41, 5.74) is 3.26. The van der Waals surface area contributed by atoms with Gasteiger partial charge in [-0.3, -0.25) is 0 Å². The number of hydrogen-bond donors (Lipinski definition) is 2. The van der Waals surface area contributed by atoms with Gasteiger partial charge < -0.3 is 10.6 Å². The molecule has 0 atom stereocenters. The van der Waals surface area contributed by atoms with Crippen LogP contribution in [0.2, 0.25) is 0 Å². The summed E-state index contributed by atoms with van der Waals surface area (Å²) in [6.07, 6.45) is 2.48. The molecule has 0 saturated carbocycles. The van der Waals surface area contributed by atoms with Crippen LogP contribution in [-0.2, 0) is 6.54 Å². The van der Waals surface area contributed by atoms with Crippen LogP contribution in [0.1, 0.15) is 51.7 Å². The van der Waals surface area contributed by atoms with Crippen molar-refractivity contribution < 1.29 is 5.32 Å². The zero-order valence-corrected chi connectivity index (χ0v) is 13.1. The average molecular weight is 261 g/mol. The molecule has 1 aliphatic heterocycles. The highest BCUT2D eigenvalue weighted by Crippen LogP contribution is 2.26. The molecule has 106 valence electrons. The second kappa shape index (κ2) is 5.26. The van der Waals surface area contributed by atoms with E-state index in [1.807, 2.05) is 0 Å². The number of hydrogen-bond acceptors (Lipinski definition) is 1. The highest BCUT2D eigenvalue weighted by atomic mass is 15.1. The summed E-state index contributed by atoms with van der Waals surface area (Å²) in [5, 5.41) is 6.27. The largest absolute Gasteiger partial charge is 0.340 e. The summed E-state index contributed by atoms with van der Waals surface area (Å²) in [6.45, 7) is 12.5. The van der Waals surface area contributed by atoms with Gasteiger partial charge in [-0.05, 0) is 34.6 Å². The summed E-state index contributed by atoms with van der Waals surface area (Å²) in [7, 11) is 0. The summed E-state index contributed by atoms with van der Waals surface area (Å²) >= 11 is 0. The number of quaternary nitrogens is 1. The fraction of sp³-hybridized carbons (Fsp3) is 0.647. The SMILES string of the molecule is Cc1ccc(C[NH2+]C2CC(C)(C)NC(C)(C)C2)cc1. The Bertz CT molecular complexity index is 401. The van der Waals surface area contributed by atoms with E-state index in [0.29, 0.717) is 6.04 Å². The molecule has 1 aromatic rings. The van der Waals surface area contributed by atoms with E-state index in [0.717, 1.165) is 6.54 Å². The highest BCUT2D eigenvalue weighted by molar-refractivity contribution is 5.20. The molecule has 2 rings (SSSR count). The summed E-state index contributed by atoms with van der Waals surface area (Å²) in [4.78, 5) is 0. The molecule has 0 aliphatic carbocycles. The average Bonchev–Trinajstić information content (AvgIpc) is 2.24. The van der Waals surface area contributed by atoms with Crippen LogP contribution in [0.4, 0.5) is 0 Å². The van der Waals surface area contributed by atoms with Crippen molar-refractivity contribution in [3.63, 3.8) is 0 Å². The molecular weight excluding hydrogens is 232 g/mol. The highest BCUT2D eigenvalue weighted by Gasteiger charge is 2.39. The molecule has 19 heavy (non-hydrogen) atoms. The molecule has 1 saturated heterocycles. The standard InChI is InChI=1S/C17H28N2/c1-13-6-8-14(9-7-13)12-18-15-10-16(2,3)19-17(4,5)11-15/h6-9,15,18-19H,10-12H2,1-5H3/p+1. The summed E-state index contributed by atoms with van der Waals surface area (Å²) < 4.78 is 0. The van der Waals surface area contributed by atoms with E-state index in [2.05, 4.69) is 69.5 Å². The van der Waals surface area contributed by atoms with Gasteiger partial charge in [-0.15, -0.1) is 0 Å². The van der Waals surface area contributed by atoms with Crippen molar-refractivity contribution >= 4 is 0 Å². The molecule has 1 aliphatic rings. The lowest BCUT2D eigenvalue weighted by Crippen LogP contribution is -2.91. The monoisotopic (exact) mass is 261 g/mol. The van der Waals surface area contributed by atoms with Gasteiger partial charge in [0.2, 0.25) is 0 Å². The minimum atomic E-state index is 0.246. The minimum absolute atomic E-state index is 0.246. The molecule has 2 heteroatoms. The molecule has 0 amide bonds. The third-order valence-electron chi connectivity index (χ3n) is 4.03. The fourth-order valence-corrected chi connectivity index (χ4v) is 3.59. The Balaban J connectivity index is 1.93. The van der Waals surface area contributed by atoms with Crippen LogP contribution in [0.25, 0.3) is 0 Å². The van der Waals surface area contributed by atoms with E-state index >= 15 is 0 Å². The molecule has 2 nitrogen and oxygen atoms in total. The van der Waals surface area contributed by atoms with Gasteiger partial charge in [0.05, 0.1) is 6.04 Å². The maximum atomic E-state index is 3.75. The van der Waals surface area contributed by atoms with Crippen LogP contribution < -0.4 is 10.6 Å². The summed E-state index contributed by atoms with van der Waals surface area (Å²) in [6, 6.07) is 9.64. The van der Waals surface area contributed by atoms with E-state index in [4.69, 9.17) is 0 Å². The Morgan fingerprint density at radius 2 is 1.58 bits per heavy atom. The quantitative estimate of drug-likeness (QED) is 0.859. The number of benzene rings is 1. The minimum Gasteiger partial charge on any atom is -0.340 e. The first-order chi connectivity index (χ1) is 8.76. The van der Waals surface area contributed by atoms with E-state index in [-0.39, 0.29) is 11.1 Å². The Hall–Kier alpha value is -0.860. The van der Waals surface area contributed by atoms with Gasteiger partial charge in [-0.1, -0.05) is 29.8 Å². The van der Waals surface area contributed by atoms with Gasteiger partial charge in [0, 0.05) is 29.5 Å². The molecule has 0 radical (unpaired) electrons. The van der Waals surface area contributed by atoms with Crippen LogP contribution in [-0.4, -0.2) is 17.1 Å². The number of nitrogens with one attached hydrogen (secondary N) is 1. The van der Waals surface area contributed by atoms with E-state index < -0.39 is 0 Å². The van der Waals surface area contributed by atoms with Crippen molar-refractivity contribution in [1.82, 2.24) is 5.32 Å². The molecule has 1 fully saturated rings. The number of nitrogens with two attached hydrogens (primary N) is 1. The van der Waals surface area contributed by atoms with Crippen LogP contribution in [0.5, 0.6) is 0 Å². The molecule has 1 heterocycles. The normalized spacial score (nSPS) is 22.4. The van der Waals surface area contributed by atoms with Gasteiger partial charge in [-0.25, -0.2) is 0 Å². The lowest BCUT2D eigenvalue weighted by molar-refractivity contribution is -0.709. The molecule has 1 aromatic carbocycles. The van der Waals surface area contributed by atoms with Gasteiger partial charge in [0.1, 0.15) is 6.54 Å². The molecule has 3 N–H and O–H groups in total. The third-order valence-corrected chi connectivity index (χ3v) is 4.03. The number of aryl methyl sites for hydroxylation is 1. The van der Waals surface area contributed by atoms with Gasteiger partial charge in [0.25, 0.3) is 0 Å². The first-order valence-corrected chi connectivity index (χ1v) is 7.44. The lowest BCUT2D eigenvalue weighted by atomic mass is 9.79. The van der Waals surface area contributed by atoms with Crippen molar-refractivity contribution in [2.75, 3.05) is 0 Å². The lowest BCUT2D eigenvalue weighted by Gasteiger charge is -2.45. The first-order valence-electron chi connectivity index (χ1n) is 7.44. The molecule has 0 spiro atoms. The predicted octanol–water partition coefficient (Wildman–Crippen LogP) is 2.37. The second-order valence-corrected chi connectivity index (χ2v) is 7.49. The summed E-state index contributed by atoms with van der Waals surface area (Å²) in [5.74, 6) is 0. The van der Waals surface area contributed by atoms with E-state index in [1.165, 1.54) is 24.0 Å². The third kappa shape index (κ3) is 4.32. The van der Waals surface area contributed by atoms with Crippen molar-refractivity contribution in [2.45, 2.75) is 71.1 Å². The van der Waals surface area contributed by atoms with Crippen molar-refractivity contribution in [3.05, 3.63) is 35.4 Å². The van der Waals surface area contributed by atoms with Crippen molar-refractivity contribution in [2.24, 2.45) is 0 Å². The maximum Gasteiger partial charge on any atom is 0.101 e.